The molecule has 0 amide bonds. The van der Waals surface area contributed by atoms with Crippen LogP contribution < -0.4 is 4.74 Å². The second-order valence-electron chi connectivity index (χ2n) is 6.31. The first-order chi connectivity index (χ1) is 8.73. The van der Waals surface area contributed by atoms with Crippen LogP contribution in [0.1, 0.15) is 31.9 Å². The highest BCUT2D eigenvalue weighted by Gasteiger charge is 2.37. The Morgan fingerprint density at radius 3 is 2.32 bits per heavy atom. The minimum atomic E-state index is -1.80. The summed E-state index contributed by atoms with van der Waals surface area (Å²) in [5, 5.41) is 9.60. The van der Waals surface area contributed by atoms with E-state index in [1.165, 1.54) is 0 Å². The maximum Gasteiger partial charge on any atom is 0.192 e. The van der Waals surface area contributed by atoms with Gasteiger partial charge in [-0.15, -0.1) is 0 Å². The van der Waals surface area contributed by atoms with Gasteiger partial charge in [0.1, 0.15) is 5.75 Å². The number of benzene rings is 1. The zero-order valence-corrected chi connectivity index (χ0v) is 13.9. The van der Waals surface area contributed by atoms with Gasteiger partial charge in [0.2, 0.25) is 0 Å². The summed E-state index contributed by atoms with van der Waals surface area (Å²) in [6, 6.07) is 5.70. The average Bonchev–Trinajstić information content (AvgIpc) is 2.34. The number of aliphatic hydroxyl groups is 1. The largest absolute Gasteiger partial charge is 0.496 e. The quantitative estimate of drug-likeness (QED) is 0.837. The normalized spacial score (nSPS) is 12.6. The van der Waals surface area contributed by atoms with Crippen LogP contribution in [0.2, 0.25) is 18.1 Å². The summed E-state index contributed by atoms with van der Waals surface area (Å²) in [4.78, 5) is 0. The van der Waals surface area contributed by atoms with E-state index in [9.17, 15) is 5.11 Å². The average molecular weight is 282 g/mol. The van der Waals surface area contributed by atoms with Gasteiger partial charge in [0, 0.05) is 5.56 Å². The van der Waals surface area contributed by atoms with Crippen molar-refractivity contribution < 1.29 is 14.3 Å². The number of ether oxygens (including phenoxy) is 1. The molecule has 0 unspecified atom stereocenters. The summed E-state index contributed by atoms with van der Waals surface area (Å²) in [6.07, 6.45) is 0. The minimum Gasteiger partial charge on any atom is -0.496 e. The third-order valence-electron chi connectivity index (χ3n) is 4.00. The molecule has 3 nitrogen and oxygen atoms in total. The molecule has 0 bridgehead atoms. The fourth-order valence-corrected chi connectivity index (χ4v) is 2.52. The first-order valence-electron chi connectivity index (χ1n) is 6.62. The molecule has 0 spiro atoms. The van der Waals surface area contributed by atoms with Gasteiger partial charge in [-0.1, -0.05) is 32.9 Å². The van der Waals surface area contributed by atoms with Crippen LogP contribution in [0.5, 0.6) is 5.75 Å². The molecular weight excluding hydrogens is 256 g/mol. The Bertz CT molecular complexity index is 400. The van der Waals surface area contributed by atoms with Gasteiger partial charge in [-0.25, -0.2) is 0 Å². The van der Waals surface area contributed by atoms with E-state index >= 15 is 0 Å². The first-order valence-corrected chi connectivity index (χ1v) is 9.53. The number of hydrogen-bond acceptors (Lipinski definition) is 3. The summed E-state index contributed by atoms with van der Waals surface area (Å²) < 4.78 is 11.6. The van der Waals surface area contributed by atoms with E-state index in [1.807, 2.05) is 18.2 Å². The smallest absolute Gasteiger partial charge is 0.192 e. The summed E-state index contributed by atoms with van der Waals surface area (Å²) in [5.74, 6) is 0.783. The van der Waals surface area contributed by atoms with Gasteiger partial charge in [0.15, 0.2) is 8.32 Å². The molecule has 0 aliphatic heterocycles. The lowest BCUT2D eigenvalue weighted by Crippen LogP contribution is -2.40. The van der Waals surface area contributed by atoms with Gasteiger partial charge in [0.05, 0.1) is 20.3 Å². The Balaban J connectivity index is 2.94. The van der Waals surface area contributed by atoms with Crippen molar-refractivity contribution in [3.05, 3.63) is 29.3 Å². The van der Waals surface area contributed by atoms with E-state index in [1.54, 1.807) is 7.11 Å². The van der Waals surface area contributed by atoms with E-state index in [0.717, 1.165) is 16.9 Å². The monoisotopic (exact) mass is 282 g/mol. The molecule has 0 heterocycles. The lowest BCUT2D eigenvalue weighted by molar-refractivity contribution is 0.253. The van der Waals surface area contributed by atoms with Crippen molar-refractivity contribution in [1.29, 1.82) is 0 Å². The Kier molecular flexibility index (Phi) is 5.18. The highest BCUT2D eigenvalue weighted by atomic mass is 28.4. The van der Waals surface area contributed by atoms with Crippen molar-refractivity contribution in [1.82, 2.24) is 0 Å². The second-order valence-corrected chi connectivity index (χ2v) is 11.1. The molecule has 1 aromatic carbocycles. The first kappa shape index (κ1) is 16.2. The van der Waals surface area contributed by atoms with E-state index in [-0.39, 0.29) is 11.6 Å². The molecule has 1 rings (SSSR count). The van der Waals surface area contributed by atoms with Crippen LogP contribution >= 0.6 is 0 Å². The zero-order valence-electron chi connectivity index (χ0n) is 12.9. The Morgan fingerprint density at radius 1 is 1.21 bits per heavy atom. The highest BCUT2D eigenvalue weighted by molar-refractivity contribution is 6.74. The fourth-order valence-electron chi connectivity index (χ4n) is 1.58. The summed E-state index contributed by atoms with van der Waals surface area (Å²) in [5.41, 5.74) is 1.83. The maximum atomic E-state index is 9.43. The SMILES string of the molecule is COc1cccc(CO)c1CO[Si](C)(C)C(C)(C)C. The standard InChI is InChI=1S/C15H26O3Si/c1-15(2,3)19(5,6)18-11-13-12(10-16)8-7-9-14(13)17-4/h7-9,16H,10-11H2,1-6H3. The van der Waals surface area contributed by atoms with Crippen molar-refractivity contribution in [3.63, 3.8) is 0 Å². The van der Waals surface area contributed by atoms with Crippen LogP contribution in [0.25, 0.3) is 0 Å². The van der Waals surface area contributed by atoms with Gasteiger partial charge in [-0.2, -0.15) is 0 Å². The van der Waals surface area contributed by atoms with Gasteiger partial charge >= 0.3 is 0 Å². The maximum absolute atomic E-state index is 9.43. The second kappa shape index (κ2) is 6.07. The van der Waals surface area contributed by atoms with Crippen molar-refractivity contribution in [2.75, 3.05) is 7.11 Å². The summed E-state index contributed by atoms with van der Waals surface area (Å²) in [6.45, 7) is 11.6. The molecule has 0 radical (unpaired) electrons. The lowest BCUT2D eigenvalue weighted by atomic mass is 10.1. The van der Waals surface area contributed by atoms with Gasteiger partial charge < -0.3 is 14.3 Å². The van der Waals surface area contributed by atoms with Crippen molar-refractivity contribution in [2.24, 2.45) is 0 Å². The predicted molar refractivity (Wildman–Crippen MR) is 80.9 cm³/mol. The molecule has 1 aromatic rings. The Morgan fingerprint density at radius 2 is 1.84 bits per heavy atom. The van der Waals surface area contributed by atoms with Gasteiger partial charge in [-0.3, -0.25) is 0 Å². The number of aliphatic hydroxyl groups excluding tert-OH is 1. The molecule has 0 saturated heterocycles. The van der Waals surface area contributed by atoms with Crippen LogP contribution in [-0.2, 0) is 17.6 Å². The number of methoxy groups -OCH3 is 1. The van der Waals surface area contributed by atoms with E-state index in [2.05, 4.69) is 33.9 Å². The molecule has 0 fully saturated rings. The Hall–Kier alpha value is -0.843. The van der Waals surface area contributed by atoms with Crippen LogP contribution in [0.15, 0.2) is 18.2 Å². The minimum absolute atomic E-state index is 0.00734. The van der Waals surface area contributed by atoms with E-state index < -0.39 is 8.32 Å². The fraction of sp³-hybridized carbons (Fsp3) is 0.600. The lowest BCUT2D eigenvalue weighted by Gasteiger charge is -2.36. The molecule has 108 valence electrons. The van der Waals surface area contributed by atoms with Crippen LogP contribution in [0.4, 0.5) is 0 Å². The molecule has 0 aliphatic rings. The molecule has 0 aromatic heterocycles. The molecule has 0 atom stereocenters. The van der Waals surface area contributed by atoms with Crippen LogP contribution in [0.3, 0.4) is 0 Å². The molecule has 19 heavy (non-hydrogen) atoms. The number of rotatable bonds is 5. The van der Waals surface area contributed by atoms with E-state index in [4.69, 9.17) is 9.16 Å². The molecule has 0 aliphatic carbocycles. The zero-order chi connectivity index (χ0) is 14.7. The Labute approximate surface area is 117 Å². The van der Waals surface area contributed by atoms with Gasteiger partial charge in [-0.05, 0) is 29.8 Å². The molecule has 1 N–H and O–H groups in total. The highest BCUT2D eigenvalue weighted by Crippen LogP contribution is 2.37. The summed E-state index contributed by atoms with van der Waals surface area (Å²) >= 11 is 0. The van der Waals surface area contributed by atoms with Crippen molar-refractivity contribution in [2.45, 2.75) is 52.1 Å². The van der Waals surface area contributed by atoms with Crippen LogP contribution in [-0.4, -0.2) is 20.5 Å². The van der Waals surface area contributed by atoms with E-state index in [0.29, 0.717) is 6.61 Å². The van der Waals surface area contributed by atoms with Crippen LogP contribution in [0, 0.1) is 0 Å². The third-order valence-corrected chi connectivity index (χ3v) is 8.48. The van der Waals surface area contributed by atoms with Gasteiger partial charge in [0.25, 0.3) is 0 Å². The topological polar surface area (TPSA) is 38.7 Å². The molecular formula is C15H26O3Si. The third kappa shape index (κ3) is 3.81. The molecule has 0 saturated carbocycles. The molecule has 4 heteroatoms. The van der Waals surface area contributed by atoms with Crippen molar-refractivity contribution >= 4 is 8.32 Å². The predicted octanol–water partition coefficient (Wildman–Crippen LogP) is 3.71. The van der Waals surface area contributed by atoms with Crippen molar-refractivity contribution in [3.8, 4) is 5.75 Å². The summed E-state index contributed by atoms with van der Waals surface area (Å²) in [7, 11) is -0.151. The number of hydrogen-bond donors (Lipinski definition) is 1.